The van der Waals surface area contributed by atoms with Crippen LogP contribution in [0.1, 0.15) is 48.3 Å². The summed E-state index contributed by atoms with van der Waals surface area (Å²) in [4.78, 5) is 13.7. The molecule has 0 amide bonds. The van der Waals surface area contributed by atoms with E-state index in [1.807, 2.05) is 12.1 Å². The van der Waals surface area contributed by atoms with Crippen molar-refractivity contribution in [3.8, 4) is 11.5 Å². The molecule has 2 N–H and O–H groups in total. The van der Waals surface area contributed by atoms with Crippen molar-refractivity contribution in [2.75, 3.05) is 13.1 Å². The number of nitrogens with zero attached hydrogens (tertiary/aromatic N) is 2. The Morgan fingerprint density at radius 1 is 1.24 bits per heavy atom. The number of hydrogen-bond acceptors (Lipinski definition) is 6. The van der Waals surface area contributed by atoms with E-state index in [4.69, 9.17) is 4.74 Å². The molecular formula is C26H28N2O5. The van der Waals surface area contributed by atoms with Gasteiger partial charge in [-0.2, -0.15) is 0 Å². The van der Waals surface area contributed by atoms with E-state index >= 15 is 0 Å². The molecule has 172 valence electrons. The predicted octanol–water partition coefficient (Wildman–Crippen LogP) is 3.50. The molecule has 1 saturated heterocycles. The van der Waals surface area contributed by atoms with Crippen LogP contribution >= 0.6 is 0 Å². The molecule has 3 aliphatic carbocycles. The number of aromatic hydroxyl groups is 1. The molecule has 6 atom stereocenters. The van der Waals surface area contributed by atoms with Gasteiger partial charge >= 0.3 is 0 Å². The van der Waals surface area contributed by atoms with Gasteiger partial charge in [0, 0.05) is 41.6 Å². The van der Waals surface area contributed by atoms with E-state index in [-0.39, 0.29) is 33.6 Å². The van der Waals surface area contributed by atoms with Crippen molar-refractivity contribution in [1.82, 2.24) is 4.90 Å². The topological polar surface area (TPSA) is 96.1 Å². The van der Waals surface area contributed by atoms with Crippen LogP contribution in [0.5, 0.6) is 11.5 Å². The maximum atomic E-state index is 11.7. The summed E-state index contributed by atoms with van der Waals surface area (Å²) in [6.07, 6.45) is 3.99. The Kier molecular flexibility index (Phi) is 4.02. The highest BCUT2D eigenvalue weighted by atomic mass is 16.6. The smallest absolute Gasteiger partial charge is 0.269 e. The molecule has 2 aromatic carbocycles. The quantitative estimate of drug-likeness (QED) is 0.549. The second-order valence-corrected chi connectivity index (χ2v) is 10.8. The van der Waals surface area contributed by atoms with Gasteiger partial charge in [-0.15, -0.1) is 0 Å². The first-order chi connectivity index (χ1) is 16.0. The van der Waals surface area contributed by atoms with Crippen LogP contribution in [-0.2, 0) is 11.8 Å². The third kappa shape index (κ3) is 2.63. The van der Waals surface area contributed by atoms with Crippen LogP contribution in [0.4, 0.5) is 5.69 Å². The number of benzene rings is 2. The number of aliphatic hydroxyl groups is 1. The third-order valence-electron chi connectivity index (χ3n) is 9.21. The summed E-state index contributed by atoms with van der Waals surface area (Å²) < 4.78 is 6.43. The molecule has 7 heteroatoms. The molecule has 2 aromatic rings. The zero-order chi connectivity index (χ0) is 22.5. The first-order valence-corrected chi connectivity index (χ1v) is 12.2. The van der Waals surface area contributed by atoms with Crippen LogP contribution in [0.3, 0.4) is 0 Å². The first-order valence-electron chi connectivity index (χ1n) is 12.2. The number of likely N-dealkylation sites (tertiary alicyclic amines) is 1. The van der Waals surface area contributed by atoms with Crippen molar-refractivity contribution in [1.29, 1.82) is 0 Å². The number of phenols is 1. The lowest BCUT2D eigenvalue weighted by Crippen LogP contribution is -2.68. The lowest BCUT2D eigenvalue weighted by Gasteiger charge is -2.60. The maximum Gasteiger partial charge on any atom is 0.269 e. The number of non-ortho nitro benzene ring substituents is 1. The number of hydrogen-bond donors (Lipinski definition) is 2. The fourth-order valence-electron chi connectivity index (χ4n) is 7.65. The summed E-state index contributed by atoms with van der Waals surface area (Å²) in [6.45, 7) is 2.12. The highest BCUT2D eigenvalue weighted by Gasteiger charge is 2.67. The molecule has 2 heterocycles. The molecule has 2 saturated carbocycles. The van der Waals surface area contributed by atoms with E-state index < -0.39 is 12.2 Å². The highest BCUT2D eigenvalue weighted by molar-refractivity contribution is 5.61. The zero-order valence-electron chi connectivity index (χ0n) is 18.4. The molecule has 33 heavy (non-hydrogen) atoms. The van der Waals surface area contributed by atoms with Gasteiger partial charge in [0.15, 0.2) is 11.5 Å². The molecule has 5 aliphatic rings. The average molecular weight is 449 g/mol. The van der Waals surface area contributed by atoms with Crippen molar-refractivity contribution < 1.29 is 19.9 Å². The number of piperidine rings is 1. The van der Waals surface area contributed by atoms with Crippen molar-refractivity contribution in [2.24, 2.45) is 11.8 Å². The molecule has 2 unspecified atom stereocenters. The van der Waals surface area contributed by atoms with Gasteiger partial charge in [-0.3, -0.25) is 15.0 Å². The Bertz CT molecular complexity index is 1160. The van der Waals surface area contributed by atoms with Gasteiger partial charge in [0.25, 0.3) is 5.69 Å². The molecule has 2 aliphatic heterocycles. The number of rotatable bonds is 4. The van der Waals surface area contributed by atoms with E-state index in [0.29, 0.717) is 11.8 Å². The fourth-order valence-corrected chi connectivity index (χ4v) is 7.65. The molecule has 0 radical (unpaired) electrons. The van der Waals surface area contributed by atoms with Crippen molar-refractivity contribution in [3.05, 3.63) is 63.2 Å². The maximum absolute atomic E-state index is 11.7. The summed E-state index contributed by atoms with van der Waals surface area (Å²) in [5, 5.41) is 33.7. The van der Waals surface area contributed by atoms with Gasteiger partial charge in [0.2, 0.25) is 0 Å². The van der Waals surface area contributed by atoms with Crippen LogP contribution < -0.4 is 4.74 Å². The number of nitro groups is 1. The molecule has 1 spiro atoms. The Hall–Kier alpha value is -2.64. The molecule has 2 bridgehead atoms. The minimum Gasteiger partial charge on any atom is -0.504 e. The monoisotopic (exact) mass is 448 g/mol. The molecular weight excluding hydrogens is 420 g/mol. The first kappa shape index (κ1) is 19.8. The molecule has 7 rings (SSSR count). The van der Waals surface area contributed by atoms with Crippen LogP contribution in [0, 0.1) is 22.0 Å². The Balaban J connectivity index is 1.36. The summed E-state index contributed by atoms with van der Waals surface area (Å²) in [5.41, 5.74) is 2.91. The fraction of sp³-hybridized carbons (Fsp3) is 0.538. The summed E-state index contributed by atoms with van der Waals surface area (Å²) in [5.74, 6) is 1.53. The standard InChI is InChI=1S/C26H28N2O5/c29-21-7-6-16-11-20-19-12-18(15-2-1-3-17(10-15)28(31)32)23(30)25-26(19,22(16)24(21)33-25)8-9-27(20)13-14-4-5-14/h1-3,6-7,10,14,18-20,23,25,29-30H,4-5,8-9,11-13H2/t18-,19?,20?,23+,25+,26+/m1/s1. The molecule has 0 aromatic heterocycles. The van der Waals surface area contributed by atoms with E-state index in [9.17, 15) is 20.3 Å². The predicted molar refractivity (Wildman–Crippen MR) is 121 cm³/mol. The average Bonchev–Trinajstić information content (AvgIpc) is 3.56. The molecule has 3 fully saturated rings. The number of nitro benzene ring substituents is 1. The second kappa shape index (κ2) is 6.70. The van der Waals surface area contributed by atoms with E-state index in [1.54, 1.807) is 18.2 Å². The number of ether oxygens (including phenoxy) is 1. The summed E-state index contributed by atoms with van der Waals surface area (Å²) >= 11 is 0. The lowest BCUT2D eigenvalue weighted by atomic mass is 9.49. The lowest BCUT2D eigenvalue weighted by molar-refractivity contribution is -0.385. The van der Waals surface area contributed by atoms with Crippen molar-refractivity contribution >= 4 is 5.69 Å². The largest absolute Gasteiger partial charge is 0.504 e. The minimum absolute atomic E-state index is 0.0507. The Labute approximate surface area is 192 Å². The summed E-state index contributed by atoms with van der Waals surface area (Å²) in [6, 6.07) is 10.8. The second-order valence-electron chi connectivity index (χ2n) is 10.8. The van der Waals surface area contributed by atoms with E-state index in [2.05, 4.69) is 4.90 Å². The van der Waals surface area contributed by atoms with Crippen LogP contribution in [0.2, 0.25) is 0 Å². The third-order valence-corrected chi connectivity index (χ3v) is 9.21. The normalized spacial score (nSPS) is 36.2. The van der Waals surface area contributed by atoms with Gasteiger partial charge in [-0.05, 0) is 67.7 Å². The van der Waals surface area contributed by atoms with Gasteiger partial charge in [0.05, 0.1) is 11.0 Å². The SMILES string of the molecule is O=[N+]([O-])c1cccc([C@H]2CC3C4Cc5ccc(O)c6c5[C@@]3(CCN4CC3CC3)[C@@H](O6)[C@H]2O)c1. The van der Waals surface area contributed by atoms with Gasteiger partial charge in [0.1, 0.15) is 6.10 Å². The molecule has 7 nitrogen and oxygen atoms in total. The van der Waals surface area contributed by atoms with Gasteiger partial charge in [-0.1, -0.05) is 18.2 Å². The number of aliphatic hydroxyl groups excluding tert-OH is 1. The minimum atomic E-state index is -0.795. The van der Waals surface area contributed by atoms with E-state index in [0.717, 1.165) is 49.4 Å². The van der Waals surface area contributed by atoms with Gasteiger partial charge < -0.3 is 14.9 Å². The van der Waals surface area contributed by atoms with Crippen LogP contribution in [0.25, 0.3) is 0 Å². The highest BCUT2D eigenvalue weighted by Crippen LogP contribution is 2.65. The van der Waals surface area contributed by atoms with Gasteiger partial charge in [-0.25, -0.2) is 0 Å². The summed E-state index contributed by atoms with van der Waals surface area (Å²) in [7, 11) is 0. The number of phenolic OH excluding ortho intramolecular Hbond substituents is 1. The Morgan fingerprint density at radius 2 is 2.09 bits per heavy atom. The van der Waals surface area contributed by atoms with E-state index in [1.165, 1.54) is 24.5 Å². The Morgan fingerprint density at radius 3 is 2.88 bits per heavy atom. The zero-order valence-corrected chi connectivity index (χ0v) is 18.4. The van der Waals surface area contributed by atoms with Crippen LogP contribution in [0.15, 0.2) is 36.4 Å². The van der Waals surface area contributed by atoms with Crippen molar-refractivity contribution in [3.63, 3.8) is 0 Å². The van der Waals surface area contributed by atoms with Crippen LogP contribution in [-0.4, -0.2) is 51.4 Å². The van der Waals surface area contributed by atoms with Crippen molar-refractivity contribution in [2.45, 2.75) is 61.7 Å².